The van der Waals surface area contributed by atoms with E-state index < -0.39 is 0 Å². The Hall–Kier alpha value is -1.92. The van der Waals surface area contributed by atoms with Gasteiger partial charge < -0.3 is 14.0 Å². The molecule has 0 saturated carbocycles. The van der Waals surface area contributed by atoms with Crippen LogP contribution >= 0.6 is 0 Å². The number of para-hydroxylation sites is 1. The van der Waals surface area contributed by atoms with Crippen LogP contribution in [0, 0.1) is 0 Å². The van der Waals surface area contributed by atoms with Crippen molar-refractivity contribution >= 4 is 0 Å². The molecule has 1 fully saturated rings. The second-order valence-electron chi connectivity index (χ2n) is 5.66. The minimum absolute atomic E-state index is 0.223. The topological polar surface area (TPSA) is 60.6 Å². The number of morpholine rings is 1. The Kier molecular flexibility index (Phi) is 4.40. The number of ether oxygens (including phenoxy) is 2. The first-order chi connectivity index (χ1) is 10.7. The highest BCUT2D eigenvalue weighted by atomic mass is 16.5. The molecule has 0 amide bonds. The summed E-state index contributed by atoms with van der Waals surface area (Å²) in [4.78, 5) is 6.77. The molecule has 2 aromatic rings. The summed E-state index contributed by atoms with van der Waals surface area (Å²) >= 11 is 0. The van der Waals surface area contributed by atoms with E-state index in [-0.39, 0.29) is 12.2 Å². The van der Waals surface area contributed by atoms with E-state index in [1.807, 2.05) is 24.3 Å². The number of benzene rings is 1. The summed E-state index contributed by atoms with van der Waals surface area (Å²) in [5.74, 6) is 1.91. The van der Waals surface area contributed by atoms with E-state index >= 15 is 0 Å². The van der Waals surface area contributed by atoms with Crippen LogP contribution < -0.4 is 4.74 Å². The van der Waals surface area contributed by atoms with Gasteiger partial charge >= 0.3 is 0 Å². The molecule has 22 heavy (non-hydrogen) atoms. The lowest BCUT2D eigenvalue weighted by atomic mass is 10.2. The lowest BCUT2D eigenvalue weighted by Crippen LogP contribution is -2.44. The van der Waals surface area contributed by atoms with Crippen LogP contribution in [0.2, 0.25) is 0 Å². The Balaban J connectivity index is 1.74. The van der Waals surface area contributed by atoms with Crippen LogP contribution in [0.1, 0.15) is 19.7 Å². The van der Waals surface area contributed by atoms with Crippen molar-refractivity contribution in [1.29, 1.82) is 0 Å². The third kappa shape index (κ3) is 3.28. The van der Waals surface area contributed by atoms with Crippen LogP contribution in [0.4, 0.5) is 0 Å². The van der Waals surface area contributed by atoms with Crippen molar-refractivity contribution in [3.8, 4) is 17.1 Å². The molecule has 0 spiro atoms. The lowest BCUT2D eigenvalue weighted by molar-refractivity contribution is -0.0725. The van der Waals surface area contributed by atoms with E-state index in [1.165, 1.54) is 0 Å². The fourth-order valence-electron chi connectivity index (χ4n) is 2.86. The first-order valence-corrected chi connectivity index (χ1v) is 7.49. The fraction of sp³-hybridized carbons (Fsp3) is 0.500. The second-order valence-corrected chi connectivity index (χ2v) is 5.66. The summed E-state index contributed by atoms with van der Waals surface area (Å²) < 4.78 is 16.5. The van der Waals surface area contributed by atoms with Crippen LogP contribution in [0.3, 0.4) is 0 Å². The lowest BCUT2D eigenvalue weighted by Gasteiger charge is -2.34. The van der Waals surface area contributed by atoms with Gasteiger partial charge in [-0.1, -0.05) is 17.3 Å². The summed E-state index contributed by atoms with van der Waals surface area (Å²) in [6, 6.07) is 7.65. The highest BCUT2D eigenvalue weighted by Crippen LogP contribution is 2.27. The van der Waals surface area contributed by atoms with Gasteiger partial charge in [0.05, 0.1) is 31.4 Å². The third-order valence-corrected chi connectivity index (χ3v) is 3.67. The molecule has 0 bridgehead atoms. The molecule has 1 aromatic heterocycles. The predicted octanol–water partition coefficient (Wildman–Crippen LogP) is 2.35. The average molecular weight is 303 g/mol. The molecule has 2 atom stereocenters. The zero-order valence-electron chi connectivity index (χ0n) is 13.2. The van der Waals surface area contributed by atoms with E-state index in [9.17, 15) is 0 Å². The van der Waals surface area contributed by atoms with Gasteiger partial charge in [0.15, 0.2) is 0 Å². The normalized spacial score (nSPS) is 22.7. The van der Waals surface area contributed by atoms with Gasteiger partial charge in [-0.3, -0.25) is 4.90 Å². The van der Waals surface area contributed by atoms with Crippen LogP contribution in [-0.4, -0.2) is 47.4 Å². The molecule has 6 heteroatoms. The number of rotatable bonds is 4. The zero-order chi connectivity index (χ0) is 15.5. The Morgan fingerprint density at radius 3 is 2.68 bits per heavy atom. The maximum atomic E-state index is 5.73. The van der Waals surface area contributed by atoms with Gasteiger partial charge in [0.25, 0.3) is 0 Å². The van der Waals surface area contributed by atoms with Gasteiger partial charge in [0.1, 0.15) is 5.75 Å². The predicted molar refractivity (Wildman–Crippen MR) is 81.6 cm³/mol. The van der Waals surface area contributed by atoms with Crippen LogP contribution in [-0.2, 0) is 11.3 Å². The van der Waals surface area contributed by atoms with E-state index in [4.69, 9.17) is 14.0 Å². The molecular weight excluding hydrogens is 282 g/mol. The molecule has 0 N–H and O–H groups in total. The van der Waals surface area contributed by atoms with E-state index in [0.717, 1.165) is 24.4 Å². The summed E-state index contributed by atoms with van der Waals surface area (Å²) in [5.41, 5.74) is 0.837. The molecule has 1 aromatic carbocycles. The highest BCUT2D eigenvalue weighted by molar-refractivity contribution is 5.63. The smallest absolute Gasteiger partial charge is 0.241 e. The Labute approximate surface area is 130 Å². The zero-order valence-corrected chi connectivity index (χ0v) is 13.2. The molecule has 2 heterocycles. The molecule has 6 nitrogen and oxygen atoms in total. The number of methoxy groups -OCH3 is 1. The van der Waals surface area contributed by atoms with Gasteiger partial charge in [-0.05, 0) is 26.0 Å². The van der Waals surface area contributed by atoms with Crippen molar-refractivity contribution in [3.05, 3.63) is 30.2 Å². The second kappa shape index (κ2) is 6.46. The van der Waals surface area contributed by atoms with Crippen molar-refractivity contribution in [2.24, 2.45) is 0 Å². The van der Waals surface area contributed by atoms with Crippen LogP contribution in [0.5, 0.6) is 5.75 Å². The SMILES string of the molecule is COc1ccccc1-c1noc(CN2CC(C)OC(C)C2)n1. The van der Waals surface area contributed by atoms with Gasteiger partial charge in [-0.25, -0.2) is 0 Å². The van der Waals surface area contributed by atoms with Gasteiger partial charge in [0.2, 0.25) is 11.7 Å². The van der Waals surface area contributed by atoms with E-state index in [1.54, 1.807) is 7.11 Å². The third-order valence-electron chi connectivity index (χ3n) is 3.67. The standard InChI is InChI=1S/C16H21N3O3/c1-11-8-19(9-12(2)21-11)10-15-17-16(18-22-15)13-6-4-5-7-14(13)20-3/h4-7,11-12H,8-10H2,1-3H3. The average Bonchev–Trinajstić information content (AvgIpc) is 2.94. The Bertz CT molecular complexity index is 619. The van der Waals surface area contributed by atoms with E-state index in [0.29, 0.717) is 18.3 Å². The molecule has 1 saturated heterocycles. The van der Waals surface area contributed by atoms with Crippen molar-refractivity contribution in [3.63, 3.8) is 0 Å². The summed E-state index contributed by atoms with van der Waals surface area (Å²) in [5, 5.41) is 4.07. The molecule has 1 aliphatic heterocycles. The molecule has 1 aliphatic rings. The number of nitrogens with zero attached hydrogens (tertiary/aromatic N) is 3. The maximum Gasteiger partial charge on any atom is 0.241 e. The number of hydrogen-bond donors (Lipinski definition) is 0. The molecule has 0 radical (unpaired) electrons. The minimum atomic E-state index is 0.223. The molecule has 118 valence electrons. The Morgan fingerprint density at radius 2 is 1.95 bits per heavy atom. The summed E-state index contributed by atoms with van der Waals surface area (Å²) in [6.45, 7) is 6.54. The van der Waals surface area contributed by atoms with Gasteiger partial charge in [0, 0.05) is 13.1 Å². The summed E-state index contributed by atoms with van der Waals surface area (Å²) in [6.07, 6.45) is 0.445. The van der Waals surface area contributed by atoms with Crippen LogP contribution in [0.25, 0.3) is 11.4 Å². The fourth-order valence-corrected chi connectivity index (χ4v) is 2.86. The largest absolute Gasteiger partial charge is 0.496 e. The number of hydrogen-bond acceptors (Lipinski definition) is 6. The quantitative estimate of drug-likeness (QED) is 0.864. The Morgan fingerprint density at radius 1 is 1.23 bits per heavy atom. The molecule has 2 unspecified atom stereocenters. The first-order valence-electron chi connectivity index (χ1n) is 7.49. The van der Waals surface area contributed by atoms with Crippen molar-refractivity contribution < 1.29 is 14.0 Å². The maximum absolute atomic E-state index is 5.73. The first kappa shape index (κ1) is 15.0. The molecule has 3 rings (SSSR count). The highest BCUT2D eigenvalue weighted by Gasteiger charge is 2.24. The summed E-state index contributed by atoms with van der Waals surface area (Å²) in [7, 11) is 1.64. The van der Waals surface area contributed by atoms with Crippen molar-refractivity contribution in [2.75, 3.05) is 20.2 Å². The van der Waals surface area contributed by atoms with Crippen molar-refractivity contribution in [1.82, 2.24) is 15.0 Å². The van der Waals surface area contributed by atoms with Crippen molar-refractivity contribution in [2.45, 2.75) is 32.6 Å². The minimum Gasteiger partial charge on any atom is -0.496 e. The molecular formula is C16H21N3O3. The van der Waals surface area contributed by atoms with Crippen LogP contribution in [0.15, 0.2) is 28.8 Å². The van der Waals surface area contributed by atoms with Gasteiger partial charge in [-0.15, -0.1) is 0 Å². The number of aromatic nitrogens is 2. The monoisotopic (exact) mass is 303 g/mol. The van der Waals surface area contributed by atoms with E-state index in [2.05, 4.69) is 28.9 Å². The molecule has 0 aliphatic carbocycles. The van der Waals surface area contributed by atoms with Gasteiger partial charge in [-0.2, -0.15) is 4.98 Å².